The van der Waals surface area contributed by atoms with Crippen molar-refractivity contribution in [1.82, 2.24) is 15.0 Å². The summed E-state index contributed by atoms with van der Waals surface area (Å²) in [6.45, 7) is 8.05. The van der Waals surface area contributed by atoms with E-state index in [9.17, 15) is 8.76 Å². The van der Waals surface area contributed by atoms with E-state index in [4.69, 9.17) is 23.7 Å². The maximum atomic E-state index is 13.4. The Morgan fingerprint density at radius 1 is 0.727 bits per heavy atom. The summed E-state index contributed by atoms with van der Waals surface area (Å²) in [6.07, 6.45) is 14.9. The van der Waals surface area contributed by atoms with Gasteiger partial charge in [-0.15, -0.1) is 5.10 Å². The summed E-state index contributed by atoms with van der Waals surface area (Å²) in [5.41, 5.74) is 1.89. The van der Waals surface area contributed by atoms with E-state index < -0.39 is 7.68 Å². The molecule has 0 aliphatic rings. The molecule has 2 aromatic rings. The summed E-state index contributed by atoms with van der Waals surface area (Å²) in [5, 5.41) is 8.38. The second kappa shape index (κ2) is 25.3. The molecule has 0 radical (unpaired) electrons. The van der Waals surface area contributed by atoms with Crippen molar-refractivity contribution < 1.29 is 37.0 Å². The number of rotatable bonds is 30. The fourth-order valence-corrected chi connectivity index (χ4v) is 5.27. The molecule has 10 nitrogen and oxygen atoms in total. The molecular weight excluding hydrogens is 588 g/mol. The van der Waals surface area contributed by atoms with E-state index in [2.05, 4.69) is 33.9 Å². The first-order valence-corrected chi connectivity index (χ1v) is 18.1. The summed E-state index contributed by atoms with van der Waals surface area (Å²) >= 11 is 0. The third-order valence-corrected chi connectivity index (χ3v) is 8.17. The molecule has 0 N–H and O–H groups in total. The van der Waals surface area contributed by atoms with E-state index in [1.54, 1.807) is 11.6 Å². The van der Waals surface area contributed by atoms with Gasteiger partial charge in [-0.3, -0.25) is 4.57 Å². The average Bonchev–Trinajstić information content (AvgIpc) is 3.46. The van der Waals surface area contributed by atoms with Gasteiger partial charge in [-0.25, -0.2) is 4.68 Å². The fraction of sp³-hybridized carbons (Fsp3) is 0.750. The van der Waals surface area contributed by atoms with Gasteiger partial charge in [0.2, 0.25) is 0 Å². The lowest BCUT2D eigenvalue weighted by Crippen LogP contribution is -2.12. The van der Waals surface area contributed by atoms with E-state index in [0.717, 1.165) is 30.0 Å². The highest BCUT2D eigenvalue weighted by Crippen LogP contribution is 2.47. The van der Waals surface area contributed by atoms with Gasteiger partial charge in [0.1, 0.15) is 11.4 Å². The molecule has 0 saturated carbocycles. The highest BCUT2D eigenvalue weighted by Gasteiger charge is 2.20. The lowest BCUT2D eigenvalue weighted by Gasteiger charge is -2.09. The van der Waals surface area contributed by atoms with Crippen LogP contribution >= 0.6 is 7.68 Å². The predicted octanol–water partition coefficient (Wildman–Crippen LogP) is 7.39. The zero-order valence-electron chi connectivity index (χ0n) is 27.0. The molecule has 0 aliphatic carbocycles. The van der Waals surface area contributed by atoms with Crippen molar-refractivity contribution >= 4 is 7.68 Å². The maximum Gasteiger partial charge on any atom is 0.369 e. The molecule has 0 bridgehead atoms. The van der Waals surface area contributed by atoms with Crippen molar-refractivity contribution in [3.8, 4) is 5.75 Å². The molecule has 2 rings (SSSR count). The van der Waals surface area contributed by atoms with Crippen molar-refractivity contribution in [3.63, 3.8) is 0 Å². The Labute approximate surface area is 263 Å². The smallest absolute Gasteiger partial charge is 0.369 e. The largest absolute Gasteiger partial charge is 0.494 e. The Kier molecular flexibility index (Phi) is 22.0. The van der Waals surface area contributed by atoms with Gasteiger partial charge in [-0.05, 0) is 31.0 Å². The minimum atomic E-state index is -4.03. The van der Waals surface area contributed by atoms with Gasteiger partial charge in [0.25, 0.3) is 0 Å². The van der Waals surface area contributed by atoms with Crippen LogP contribution in [0.15, 0.2) is 30.5 Å². The van der Waals surface area contributed by atoms with Crippen molar-refractivity contribution in [2.24, 2.45) is 0 Å². The Bertz CT molecular complexity index is 996. The normalized spacial score (nSPS) is 12.9. The van der Waals surface area contributed by atoms with Gasteiger partial charge in [-0.1, -0.05) is 82.1 Å². The van der Waals surface area contributed by atoms with Crippen molar-refractivity contribution in [2.45, 2.75) is 91.2 Å². The molecule has 0 saturated heterocycles. The lowest BCUT2D eigenvalue weighted by molar-refractivity contribution is -0.00326. The quantitative estimate of drug-likeness (QED) is 0.0637. The molecule has 0 fully saturated rings. The first-order valence-electron chi connectivity index (χ1n) is 16.4. The molecule has 1 heterocycles. The first kappa shape index (κ1) is 38.3. The number of nitrogens with zero attached hydrogens (tertiary/aromatic N) is 3. The zero-order valence-corrected chi connectivity index (χ0v) is 27.9. The number of benzene rings is 1. The van der Waals surface area contributed by atoms with Crippen LogP contribution in [-0.4, -0.2) is 80.6 Å². The van der Waals surface area contributed by atoms with Gasteiger partial charge < -0.3 is 28.2 Å². The summed E-state index contributed by atoms with van der Waals surface area (Å²) < 4.78 is 58.6. The Hall–Kier alpha value is -1.88. The van der Waals surface area contributed by atoms with Crippen molar-refractivity contribution in [3.05, 3.63) is 41.7 Å². The average molecular weight is 644 g/mol. The van der Waals surface area contributed by atoms with Crippen LogP contribution in [0.3, 0.4) is 0 Å². The number of unbranched alkanes of at least 4 members (excludes halogenated alkanes) is 9. The molecule has 1 unspecified atom stereocenters. The summed E-state index contributed by atoms with van der Waals surface area (Å²) in [4.78, 5) is 0. The third-order valence-electron chi connectivity index (χ3n) is 6.81. The summed E-state index contributed by atoms with van der Waals surface area (Å²) in [7, 11) is -4.03. The minimum absolute atomic E-state index is 0.0286. The van der Waals surface area contributed by atoms with Crippen LogP contribution in [0.1, 0.15) is 89.3 Å². The van der Waals surface area contributed by atoms with Crippen molar-refractivity contribution in [1.29, 1.82) is 0 Å². The highest BCUT2D eigenvalue weighted by molar-refractivity contribution is 7.53. The van der Waals surface area contributed by atoms with Gasteiger partial charge >= 0.3 is 7.68 Å². The molecule has 1 aromatic heterocycles. The molecule has 0 aliphatic heterocycles. The molecule has 44 heavy (non-hydrogen) atoms. The molecule has 1 atom stereocenters. The summed E-state index contributed by atoms with van der Waals surface area (Å²) in [5.74, 6) is 0.905. The van der Waals surface area contributed by atoms with Gasteiger partial charge in [-0.2, -0.15) is 4.20 Å². The van der Waals surface area contributed by atoms with Crippen molar-refractivity contribution in [2.75, 3.05) is 65.6 Å². The van der Waals surface area contributed by atoms with Crippen LogP contribution in [0.4, 0.5) is 4.20 Å². The number of ether oxygens (including phenoxy) is 5. The first-order chi connectivity index (χ1) is 21.5. The Balaban J connectivity index is 1.42. The van der Waals surface area contributed by atoms with Gasteiger partial charge in [0.05, 0.1) is 85.0 Å². The predicted molar refractivity (Wildman–Crippen MR) is 170 cm³/mol. The van der Waals surface area contributed by atoms with E-state index >= 15 is 0 Å². The Morgan fingerprint density at radius 3 is 1.91 bits per heavy atom. The number of halogens is 1. The molecule has 12 heteroatoms. The molecule has 252 valence electrons. The van der Waals surface area contributed by atoms with Crippen LogP contribution in [0.25, 0.3) is 0 Å². The van der Waals surface area contributed by atoms with Crippen LogP contribution in [-0.2, 0) is 41.2 Å². The second-order valence-corrected chi connectivity index (χ2v) is 12.6. The van der Waals surface area contributed by atoms with Crippen LogP contribution < -0.4 is 4.74 Å². The minimum Gasteiger partial charge on any atom is -0.494 e. The zero-order chi connectivity index (χ0) is 31.6. The summed E-state index contributed by atoms with van der Waals surface area (Å²) in [6, 6.07) is 8.16. The number of hydrogen-bond donors (Lipinski definition) is 0. The van der Waals surface area contributed by atoms with E-state index in [-0.39, 0.29) is 26.0 Å². The molecule has 0 amide bonds. The molecular formula is C32H55FN3O7P. The van der Waals surface area contributed by atoms with E-state index in [0.29, 0.717) is 46.2 Å². The number of aromatic nitrogens is 3. The molecule has 0 spiro atoms. The van der Waals surface area contributed by atoms with Gasteiger partial charge in [0, 0.05) is 0 Å². The van der Waals surface area contributed by atoms with Gasteiger partial charge in [0.15, 0.2) is 0 Å². The lowest BCUT2D eigenvalue weighted by atomic mass is 10.1. The van der Waals surface area contributed by atoms with E-state index in [1.165, 1.54) is 57.8 Å². The van der Waals surface area contributed by atoms with Crippen LogP contribution in [0, 0.1) is 0 Å². The topological polar surface area (TPSA) is 103 Å². The molecule has 1 aromatic carbocycles. The fourth-order valence-electron chi connectivity index (χ4n) is 4.41. The number of hydrogen-bond acceptors (Lipinski definition) is 9. The second-order valence-electron chi connectivity index (χ2n) is 10.7. The maximum absolute atomic E-state index is 13.4. The standard InChI is InChI=1S/C32H55FN3O7P/c1-3-5-6-7-8-9-10-11-12-13-18-42-32-16-14-30(15-17-32)27-36-28-31(34-35-36)29-41-24-23-39-20-19-38-21-22-40-25-26-44(33,37)43-4-2/h14-17,28H,3-13,18-27,29H2,1-2H3. The third kappa shape index (κ3) is 20.2. The monoisotopic (exact) mass is 643 g/mol. The SMILES string of the molecule is CCCCCCCCCCCCOc1ccc(Cn2cc(COCCOCCOCCOCCP(=O)(F)OCC)nn2)cc1. The van der Waals surface area contributed by atoms with Crippen LogP contribution in [0.5, 0.6) is 5.75 Å². The highest BCUT2D eigenvalue weighted by atomic mass is 31.2. The van der Waals surface area contributed by atoms with Crippen LogP contribution in [0.2, 0.25) is 0 Å². The Morgan fingerprint density at radius 2 is 1.30 bits per heavy atom. The van der Waals surface area contributed by atoms with E-state index in [1.807, 2.05) is 18.3 Å².